The molecule has 1 aromatic rings. The van der Waals surface area contributed by atoms with Crippen LogP contribution in [0.3, 0.4) is 0 Å². The first-order chi connectivity index (χ1) is 11.2. The van der Waals surface area contributed by atoms with E-state index < -0.39 is 17.6 Å². The summed E-state index contributed by atoms with van der Waals surface area (Å²) in [5, 5.41) is 21.0. The molecule has 24 heavy (non-hydrogen) atoms. The molecule has 1 aromatic heterocycles. The Kier molecular flexibility index (Phi) is 4.25. The van der Waals surface area contributed by atoms with Gasteiger partial charge in [0.15, 0.2) is 5.78 Å². The Morgan fingerprint density at radius 2 is 2.12 bits per heavy atom. The minimum atomic E-state index is -0.901. The van der Waals surface area contributed by atoms with E-state index >= 15 is 0 Å². The van der Waals surface area contributed by atoms with Crippen molar-refractivity contribution in [3.8, 4) is 0 Å². The molecule has 2 fully saturated rings. The van der Waals surface area contributed by atoms with Crippen LogP contribution in [0.5, 0.6) is 0 Å². The van der Waals surface area contributed by atoms with Crippen LogP contribution in [0.1, 0.15) is 58.1 Å². The van der Waals surface area contributed by atoms with E-state index in [1.165, 1.54) is 0 Å². The van der Waals surface area contributed by atoms with Crippen molar-refractivity contribution >= 4 is 5.78 Å². The first-order valence-electron chi connectivity index (χ1n) is 8.76. The van der Waals surface area contributed by atoms with Crippen molar-refractivity contribution in [1.29, 1.82) is 0 Å². The molecule has 0 saturated heterocycles. The third-order valence-electron chi connectivity index (χ3n) is 6.69. The van der Waals surface area contributed by atoms with E-state index in [1.807, 2.05) is 13.8 Å². The summed E-state index contributed by atoms with van der Waals surface area (Å²) in [5.74, 6) is 0.192. The fourth-order valence-corrected chi connectivity index (χ4v) is 5.35. The number of carbonyl (C=O) groups is 1. The van der Waals surface area contributed by atoms with Gasteiger partial charge in [0, 0.05) is 17.4 Å². The average Bonchev–Trinajstić information content (AvgIpc) is 3.03. The second-order valence-corrected chi connectivity index (χ2v) is 8.48. The molecule has 0 unspecified atom stereocenters. The summed E-state index contributed by atoms with van der Waals surface area (Å²) in [6.07, 6.45) is 4.29. The molecule has 5 atom stereocenters. The Balaban J connectivity index is 1.93. The Labute approximate surface area is 143 Å². The van der Waals surface area contributed by atoms with Crippen molar-refractivity contribution in [2.45, 2.75) is 58.7 Å². The minimum Gasteiger partial charge on any atom is -0.472 e. The van der Waals surface area contributed by atoms with Crippen molar-refractivity contribution in [2.24, 2.45) is 22.7 Å². The molecule has 2 N–H and O–H groups in total. The molecule has 0 amide bonds. The van der Waals surface area contributed by atoms with Crippen LogP contribution in [-0.2, 0) is 4.79 Å². The summed E-state index contributed by atoms with van der Waals surface area (Å²) in [6, 6.07) is 1.77. The maximum Gasteiger partial charge on any atom is 0.162 e. The number of aliphatic hydroxyl groups excluding tert-OH is 2. The van der Waals surface area contributed by atoms with Gasteiger partial charge in [0.2, 0.25) is 0 Å². The minimum absolute atomic E-state index is 0.0527. The number of carbonyl (C=O) groups excluding carboxylic acids is 1. The number of rotatable bonds is 3. The molecule has 0 aromatic carbocycles. The number of aliphatic hydroxyl groups is 2. The standard InChI is InChI=1S/C20H28O4/c1-12-5-6-17-19(2,3)18(23)16(22)10-20(17,4)14(12)9-15(21)13-7-8-24-11-13/h7-8,11,14-15,17-18,21,23H,1,5-6,9-10H2,2-4H3/t14-,15+,17-,18-,20+/m1/s1. The number of ketones is 1. The van der Waals surface area contributed by atoms with Crippen LogP contribution in [0.25, 0.3) is 0 Å². The van der Waals surface area contributed by atoms with Crippen LogP contribution < -0.4 is 0 Å². The molecule has 4 heteroatoms. The largest absolute Gasteiger partial charge is 0.472 e. The van der Waals surface area contributed by atoms with Gasteiger partial charge >= 0.3 is 0 Å². The van der Waals surface area contributed by atoms with Crippen LogP contribution >= 0.6 is 0 Å². The summed E-state index contributed by atoms with van der Waals surface area (Å²) in [4.78, 5) is 12.5. The first-order valence-corrected chi connectivity index (χ1v) is 8.76. The fraction of sp³-hybridized carbons (Fsp3) is 0.650. The number of hydrogen-bond donors (Lipinski definition) is 2. The van der Waals surface area contributed by atoms with Crippen LogP contribution in [0.15, 0.2) is 35.2 Å². The summed E-state index contributed by atoms with van der Waals surface area (Å²) in [7, 11) is 0. The van der Waals surface area contributed by atoms with E-state index in [0.717, 1.165) is 24.0 Å². The third kappa shape index (κ3) is 2.56. The first kappa shape index (κ1) is 17.4. The smallest absolute Gasteiger partial charge is 0.162 e. The van der Waals surface area contributed by atoms with Gasteiger partial charge in [-0.2, -0.15) is 0 Å². The zero-order valence-electron chi connectivity index (χ0n) is 14.8. The molecule has 2 saturated carbocycles. The van der Waals surface area contributed by atoms with E-state index in [2.05, 4.69) is 13.5 Å². The molecule has 0 radical (unpaired) electrons. The van der Waals surface area contributed by atoms with E-state index in [4.69, 9.17) is 4.42 Å². The van der Waals surface area contributed by atoms with E-state index in [-0.39, 0.29) is 23.0 Å². The molecule has 132 valence electrons. The van der Waals surface area contributed by atoms with Crippen LogP contribution in [0.2, 0.25) is 0 Å². The highest BCUT2D eigenvalue weighted by atomic mass is 16.3. The third-order valence-corrected chi connectivity index (χ3v) is 6.69. The number of hydrogen-bond acceptors (Lipinski definition) is 4. The van der Waals surface area contributed by atoms with Gasteiger partial charge in [0.05, 0.1) is 18.6 Å². The lowest BCUT2D eigenvalue weighted by atomic mass is 9.46. The lowest BCUT2D eigenvalue weighted by molar-refractivity contribution is -0.163. The zero-order valence-corrected chi connectivity index (χ0v) is 14.8. The van der Waals surface area contributed by atoms with Gasteiger partial charge in [0.25, 0.3) is 0 Å². The fourth-order valence-electron chi connectivity index (χ4n) is 5.35. The van der Waals surface area contributed by atoms with Gasteiger partial charge in [-0.05, 0) is 42.6 Å². The van der Waals surface area contributed by atoms with E-state index in [0.29, 0.717) is 12.8 Å². The van der Waals surface area contributed by atoms with E-state index in [1.54, 1.807) is 18.6 Å². The van der Waals surface area contributed by atoms with Crippen LogP contribution in [0, 0.1) is 22.7 Å². The van der Waals surface area contributed by atoms with Crippen molar-refractivity contribution in [2.75, 3.05) is 0 Å². The molecule has 0 spiro atoms. The van der Waals surface area contributed by atoms with Crippen molar-refractivity contribution in [3.05, 3.63) is 36.3 Å². The van der Waals surface area contributed by atoms with Gasteiger partial charge in [-0.25, -0.2) is 0 Å². The van der Waals surface area contributed by atoms with Crippen molar-refractivity contribution in [1.82, 2.24) is 0 Å². The van der Waals surface area contributed by atoms with Crippen molar-refractivity contribution in [3.63, 3.8) is 0 Å². The van der Waals surface area contributed by atoms with Crippen molar-refractivity contribution < 1.29 is 19.4 Å². The summed E-state index contributed by atoms with van der Waals surface area (Å²) in [6.45, 7) is 10.4. The van der Waals surface area contributed by atoms with Gasteiger partial charge in [-0.15, -0.1) is 0 Å². The Hall–Kier alpha value is -1.39. The predicted octanol–water partition coefficient (Wildman–Crippen LogP) is 3.65. The molecular weight excluding hydrogens is 304 g/mol. The summed E-state index contributed by atoms with van der Waals surface area (Å²) >= 11 is 0. The Morgan fingerprint density at radius 1 is 1.42 bits per heavy atom. The number of allylic oxidation sites excluding steroid dienone is 1. The van der Waals surface area contributed by atoms with Gasteiger partial charge in [0.1, 0.15) is 6.10 Å². The molecule has 3 rings (SSSR count). The van der Waals surface area contributed by atoms with E-state index in [9.17, 15) is 15.0 Å². The zero-order chi connectivity index (χ0) is 17.7. The monoisotopic (exact) mass is 332 g/mol. The molecule has 2 aliphatic rings. The predicted molar refractivity (Wildman–Crippen MR) is 91.2 cm³/mol. The topological polar surface area (TPSA) is 70.7 Å². The number of furan rings is 1. The molecular formula is C20H28O4. The Morgan fingerprint density at radius 3 is 2.75 bits per heavy atom. The molecule has 0 bridgehead atoms. The number of Topliss-reactive ketones (excluding diaryl/α,β-unsaturated/α-hetero) is 1. The summed E-state index contributed by atoms with van der Waals surface area (Å²) < 4.78 is 5.08. The second-order valence-electron chi connectivity index (χ2n) is 8.48. The lowest BCUT2D eigenvalue weighted by Crippen LogP contribution is -2.58. The highest BCUT2D eigenvalue weighted by molar-refractivity contribution is 5.85. The quantitative estimate of drug-likeness (QED) is 0.829. The normalized spacial score (nSPS) is 37.1. The number of fused-ring (bicyclic) bond motifs is 1. The maximum atomic E-state index is 12.5. The summed E-state index contributed by atoms with van der Waals surface area (Å²) in [5.41, 5.74) is 1.13. The SMILES string of the molecule is C=C1CC[C@@H]2C(C)(C)[C@H](O)C(=O)C[C@@]2(C)[C@@H]1C[C@H](O)c1ccoc1. The van der Waals surface area contributed by atoms with Gasteiger partial charge in [-0.1, -0.05) is 32.9 Å². The van der Waals surface area contributed by atoms with Crippen LogP contribution in [-0.4, -0.2) is 22.1 Å². The highest BCUT2D eigenvalue weighted by Crippen LogP contribution is 2.61. The maximum absolute atomic E-state index is 12.5. The highest BCUT2D eigenvalue weighted by Gasteiger charge is 2.59. The molecule has 1 heterocycles. The van der Waals surface area contributed by atoms with Gasteiger partial charge < -0.3 is 14.6 Å². The molecule has 4 nitrogen and oxygen atoms in total. The second kappa shape index (κ2) is 5.85. The van der Waals surface area contributed by atoms with Gasteiger partial charge in [-0.3, -0.25) is 4.79 Å². The average molecular weight is 332 g/mol. The molecule has 0 aliphatic heterocycles. The lowest BCUT2D eigenvalue weighted by Gasteiger charge is -2.58. The van der Waals surface area contributed by atoms with Crippen LogP contribution in [0.4, 0.5) is 0 Å². The Bertz CT molecular complexity index is 630. The molecule has 2 aliphatic carbocycles.